The highest BCUT2D eigenvalue weighted by Crippen LogP contribution is 2.20. The summed E-state index contributed by atoms with van der Waals surface area (Å²) in [6.45, 7) is 5.42. The number of hydrogen-bond acceptors (Lipinski definition) is 4. The third-order valence-corrected chi connectivity index (χ3v) is 5.27. The van der Waals surface area contributed by atoms with E-state index >= 15 is 0 Å². The Balaban J connectivity index is 1.88. The van der Waals surface area contributed by atoms with Crippen molar-refractivity contribution < 1.29 is 17.9 Å². The van der Waals surface area contributed by atoms with Gasteiger partial charge in [-0.05, 0) is 31.0 Å². The van der Waals surface area contributed by atoms with Gasteiger partial charge in [-0.25, -0.2) is 8.42 Å². The lowest BCUT2D eigenvalue weighted by Gasteiger charge is -2.33. The van der Waals surface area contributed by atoms with Crippen LogP contribution in [0.4, 0.5) is 0 Å². The molecule has 1 aliphatic rings. The van der Waals surface area contributed by atoms with E-state index in [1.165, 1.54) is 10.6 Å². The van der Waals surface area contributed by atoms with Gasteiger partial charge in [0.15, 0.2) is 6.61 Å². The first-order valence-electron chi connectivity index (χ1n) is 7.21. The molecule has 2 rings (SSSR count). The fraction of sp³-hybridized carbons (Fsp3) is 0.533. The van der Waals surface area contributed by atoms with Crippen molar-refractivity contribution in [3.05, 3.63) is 29.3 Å². The number of amides is 1. The van der Waals surface area contributed by atoms with Crippen molar-refractivity contribution >= 4 is 15.9 Å². The van der Waals surface area contributed by atoms with E-state index in [9.17, 15) is 13.2 Å². The van der Waals surface area contributed by atoms with Gasteiger partial charge < -0.3 is 9.64 Å². The van der Waals surface area contributed by atoms with E-state index in [1.807, 2.05) is 32.0 Å². The molecule has 0 saturated carbocycles. The summed E-state index contributed by atoms with van der Waals surface area (Å²) in [5, 5.41) is 0. The monoisotopic (exact) mass is 326 g/mol. The maximum absolute atomic E-state index is 12.2. The quantitative estimate of drug-likeness (QED) is 0.820. The van der Waals surface area contributed by atoms with Crippen LogP contribution in [0.15, 0.2) is 18.2 Å². The van der Waals surface area contributed by atoms with E-state index < -0.39 is 10.0 Å². The minimum absolute atomic E-state index is 0.0246. The Kier molecular flexibility index (Phi) is 5.08. The van der Waals surface area contributed by atoms with Crippen molar-refractivity contribution in [3.63, 3.8) is 0 Å². The van der Waals surface area contributed by atoms with Crippen LogP contribution < -0.4 is 4.74 Å². The number of aryl methyl sites for hydroxylation is 1. The minimum atomic E-state index is -3.18. The molecular weight excluding hydrogens is 304 g/mol. The van der Waals surface area contributed by atoms with Crippen molar-refractivity contribution in [3.8, 4) is 5.75 Å². The van der Waals surface area contributed by atoms with Gasteiger partial charge in [0.25, 0.3) is 5.91 Å². The number of sulfonamides is 1. The van der Waals surface area contributed by atoms with Crippen molar-refractivity contribution in [2.45, 2.75) is 13.8 Å². The Hall–Kier alpha value is -1.60. The topological polar surface area (TPSA) is 66.9 Å². The lowest BCUT2D eigenvalue weighted by atomic mass is 10.1. The zero-order valence-corrected chi connectivity index (χ0v) is 14.0. The van der Waals surface area contributed by atoms with Crippen LogP contribution in [0.1, 0.15) is 11.1 Å². The second-order valence-electron chi connectivity index (χ2n) is 5.53. The van der Waals surface area contributed by atoms with E-state index in [0.29, 0.717) is 31.9 Å². The Morgan fingerprint density at radius 3 is 2.41 bits per heavy atom. The molecule has 1 aromatic rings. The molecule has 0 aromatic heterocycles. The molecule has 1 amide bonds. The van der Waals surface area contributed by atoms with Gasteiger partial charge in [-0.2, -0.15) is 4.31 Å². The van der Waals surface area contributed by atoms with Crippen LogP contribution in [-0.2, 0) is 14.8 Å². The molecule has 0 spiro atoms. The molecule has 0 atom stereocenters. The molecule has 1 saturated heterocycles. The van der Waals surface area contributed by atoms with Gasteiger partial charge >= 0.3 is 0 Å². The Morgan fingerprint density at radius 1 is 1.18 bits per heavy atom. The largest absolute Gasteiger partial charge is 0.483 e. The van der Waals surface area contributed by atoms with Crippen molar-refractivity contribution in [2.75, 3.05) is 39.0 Å². The van der Waals surface area contributed by atoms with Crippen LogP contribution in [0, 0.1) is 13.8 Å². The number of ether oxygens (including phenoxy) is 1. The standard InChI is InChI=1S/C15H22N2O4S/c1-12-5-4-6-14(13(12)2)21-11-15(18)16-7-9-17(10-8-16)22(3,19)20/h4-6H,7-11H2,1-3H3. The number of benzene rings is 1. The Labute approximate surface area is 131 Å². The van der Waals surface area contributed by atoms with E-state index in [4.69, 9.17) is 4.74 Å². The lowest BCUT2D eigenvalue weighted by molar-refractivity contribution is -0.134. The molecule has 7 heteroatoms. The molecule has 1 aliphatic heterocycles. The SMILES string of the molecule is Cc1cccc(OCC(=O)N2CCN(S(C)(=O)=O)CC2)c1C. The third-order valence-electron chi connectivity index (χ3n) is 3.97. The second kappa shape index (κ2) is 6.66. The molecule has 1 heterocycles. The molecule has 0 unspecified atom stereocenters. The number of carbonyl (C=O) groups excluding carboxylic acids is 1. The Bertz CT molecular complexity index is 650. The van der Waals surface area contributed by atoms with Gasteiger partial charge in [-0.1, -0.05) is 12.1 Å². The predicted octanol–water partition coefficient (Wildman–Crippen LogP) is 0.786. The summed E-state index contributed by atoms with van der Waals surface area (Å²) < 4.78 is 29.9. The van der Waals surface area contributed by atoms with Crippen molar-refractivity contribution in [1.29, 1.82) is 0 Å². The van der Waals surface area contributed by atoms with Crippen LogP contribution in [0.5, 0.6) is 5.75 Å². The zero-order valence-electron chi connectivity index (χ0n) is 13.2. The first-order chi connectivity index (χ1) is 10.3. The maximum Gasteiger partial charge on any atom is 0.260 e. The van der Waals surface area contributed by atoms with Gasteiger partial charge in [0.2, 0.25) is 10.0 Å². The second-order valence-corrected chi connectivity index (χ2v) is 7.51. The summed E-state index contributed by atoms with van der Waals surface area (Å²) in [7, 11) is -3.18. The van der Waals surface area contributed by atoms with Crippen LogP contribution in [-0.4, -0.2) is 62.6 Å². The molecular formula is C15H22N2O4S. The molecule has 0 aliphatic carbocycles. The van der Waals surface area contributed by atoms with Gasteiger partial charge in [0.1, 0.15) is 5.75 Å². The summed E-state index contributed by atoms with van der Waals surface area (Å²) in [6.07, 6.45) is 1.19. The average Bonchev–Trinajstić information content (AvgIpc) is 2.48. The van der Waals surface area contributed by atoms with E-state index in [0.717, 1.165) is 11.1 Å². The maximum atomic E-state index is 12.2. The van der Waals surface area contributed by atoms with E-state index in [-0.39, 0.29) is 12.5 Å². The number of rotatable bonds is 4. The number of nitrogens with zero attached hydrogens (tertiary/aromatic N) is 2. The lowest BCUT2D eigenvalue weighted by Crippen LogP contribution is -2.51. The summed E-state index contributed by atoms with van der Waals surface area (Å²) in [4.78, 5) is 13.8. The highest BCUT2D eigenvalue weighted by Gasteiger charge is 2.26. The van der Waals surface area contributed by atoms with Gasteiger partial charge in [-0.15, -0.1) is 0 Å². The highest BCUT2D eigenvalue weighted by molar-refractivity contribution is 7.88. The third kappa shape index (κ3) is 3.98. The molecule has 0 bridgehead atoms. The first-order valence-corrected chi connectivity index (χ1v) is 9.06. The van der Waals surface area contributed by atoms with Gasteiger partial charge in [0.05, 0.1) is 6.26 Å². The Morgan fingerprint density at radius 2 is 1.82 bits per heavy atom. The van der Waals surface area contributed by atoms with Crippen LogP contribution >= 0.6 is 0 Å². The molecule has 122 valence electrons. The highest BCUT2D eigenvalue weighted by atomic mass is 32.2. The number of piperazine rings is 1. The zero-order chi connectivity index (χ0) is 16.3. The average molecular weight is 326 g/mol. The van der Waals surface area contributed by atoms with Gasteiger partial charge in [-0.3, -0.25) is 4.79 Å². The minimum Gasteiger partial charge on any atom is -0.483 e. The molecule has 22 heavy (non-hydrogen) atoms. The van der Waals surface area contributed by atoms with Crippen molar-refractivity contribution in [2.24, 2.45) is 0 Å². The van der Waals surface area contributed by atoms with E-state index in [1.54, 1.807) is 4.90 Å². The van der Waals surface area contributed by atoms with Crippen LogP contribution in [0.25, 0.3) is 0 Å². The molecule has 0 N–H and O–H groups in total. The smallest absolute Gasteiger partial charge is 0.260 e. The summed E-state index contributed by atoms with van der Waals surface area (Å²) >= 11 is 0. The number of hydrogen-bond donors (Lipinski definition) is 0. The molecule has 1 aromatic carbocycles. The van der Waals surface area contributed by atoms with Crippen molar-refractivity contribution in [1.82, 2.24) is 9.21 Å². The molecule has 1 fully saturated rings. The molecule has 6 nitrogen and oxygen atoms in total. The molecule has 0 radical (unpaired) electrons. The van der Waals surface area contributed by atoms with Crippen LogP contribution in [0.2, 0.25) is 0 Å². The predicted molar refractivity (Wildman–Crippen MR) is 84.4 cm³/mol. The van der Waals surface area contributed by atoms with Crippen LogP contribution in [0.3, 0.4) is 0 Å². The number of carbonyl (C=O) groups is 1. The summed E-state index contributed by atoms with van der Waals surface area (Å²) in [5.74, 6) is 0.595. The summed E-state index contributed by atoms with van der Waals surface area (Å²) in [5.41, 5.74) is 2.14. The first kappa shape index (κ1) is 16.8. The summed E-state index contributed by atoms with van der Waals surface area (Å²) in [6, 6.07) is 5.73. The van der Waals surface area contributed by atoms with Gasteiger partial charge in [0, 0.05) is 26.2 Å². The normalized spacial score (nSPS) is 16.6. The fourth-order valence-corrected chi connectivity index (χ4v) is 3.21. The fourth-order valence-electron chi connectivity index (χ4n) is 2.38. The van der Waals surface area contributed by atoms with E-state index in [2.05, 4.69) is 0 Å².